The largest absolute Gasteiger partial charge is 0.493 e. The average Bonchev–Trinajstić information content (AvgIpc) is 3.45. The average molecular weight is 544 g/mol. The van der Waals surface area contributed by atoms with E-state index in [2.05, 4.69) is 51.6 Å². The molecule has 202 valence electrons. The van der Waals surface area contributed by atoms with Crippen LogP contribution in [0.1, 0.15) is 34.0 Å². The van der Waals surface area contributed by atoms with E-state index >= 15 is 0 Å². The quantitative estimate of drug-likeness (QED) is 0.176. The molecule has 7 rings (SSSR count). The maximum absolute atomic E-state index is 6.48. The molecule has 9 nitrogen and oxygen atoms in total. The molecule has 0 radical (unpaired) electrons. The standard InChI is InChI=1S/C32H25N5O4/c1-38-25-15-12-20(16-26(25)39-2)17-34-40-18-27-35-31-29-28(22-9-4-3-5-10-22)24-14-13-21-8-6-7-11-23(21)30(24)41-32(29)33-19-37(31)36-27/h3-17,19,28H,18H2,1-2H3/b34-17-/t28-/m1/s1. The number of fused-ring (bicyclic) bond motifs is 6. The Balaban J connectivity index is 1.23. The second-order valence-electron chi connectivity index (χ2n) is 9.53. The van der Waals surface area contributed by atoms with Crippen LogP contribution in [0.3, 0.4) is 0 Å². The summed E-state index contributed by atoms with van der Waals surface area (Å²) in [7, 11) is 3.18. The lowest BCUT2D eigenvalue weighted by atomic mass is 9.83. The van der Waals surface area contributed by atoms with Gasteiger partial charge in [0.25, 0.3) is 0 Å². The van der Waals surface area contributed by atoms with Crippen LogP contribution in [0.2, 0.25) is 0 Å². The Kier molecular flexibility index (Phi) is 6.16. The summed E-state index contributed by atoms with van der Waals surface area (Å²) < 4.78 is 18.8. The number of nitrogens with zero attached hydrogens (tertiary/aromatic N) is 5. The predicted octanol–water partition coefficient (Wildman–Crippen LogP) is 6.13. The Labute approximate surface area is 235 Å². The maximum Gasteiger partial charge on any atom is 0.228 e. The number of hydrogen-bond acceptors (Lipinski definition) is 8. The minimum absolute atomic E-state index is 0.0817. The van der Waals surface area contributed by atoms with Crippen molar-refractivity contribution < 1.29 is 19.0 Å². The van der Waals surface area contributed by atoms with Gasteiger partial charge >= 0.3 is 0 Å². The van der Waals surface area contributed by atoms with Gasteiger partial charge in [0.2, 0.25) is 5.88 Å². The van der Waals surface area contributed by atoms with E-state index in [0.29, 0.717) is 28.9 Å². The van der Waals surface area contributed by atoms with Gasteiger partial charge in [0.05, 0.1) is 26.0 Å². The highest BCUT2D eigenvalue weighted by atomic mass is 16.6. The van der Waals surface area contributed by atoms with Gasteiger partial charge in [0.1, 0.15) is 12.1 Å². The molecule has 0 amide bonds. The summed E-state index contributed by atoms with van der Waals surface area (Å²) in [4.78, 5) is 15.0. The van der Waals surface area contributed by atoms with Gasteiger partial charge in [0.15, 0.2) is 29.6 Å². The first-order valence-corrected chi connectivity index (χ1v) is 13.1. The number of aromatic nitrogens is 4. The number of methoxy groups -OCH3 is 2. The number of hydrogen-bond donors (Lipinski definition) is 0. The summed E-state index contributed by atoms with van der Waals surface area (Å²) in [5.74, 6) is 2.92. The lowest BCUT2D eigenvalue weighted by molar-refractivity contribution is 0.126. The van der Waals surface area contributed by atoms with E-state index in [9.17, 15) is 0 Å². The van der Waals surface area contributed by atoms with Crippen molar-refractivity contribution in [2.75, 3.05) is 14.2 Å². The molecule has 2 aromatic heterocycles. The third-order valence-corrected chi connectivity index (χ3v) is 7.15. The van der Waals surface area contributed by atoms with Gasteiger partial charge in [-0.1, -0.05) is 71.9 Å². The number of rotatable bonds is 7. The van der Waals surface area contributed by atoms with Crippen LogP contribution in [0.25, 0.3) is 16.4 Å². The Morgan fingerprint density at radius 2 is 1.76 bits per heavy atom. The summed E-state index contributed by atoms with van der Waals surface area (Å²) in [6, 6.07) is 28.3. The molecular formula is C32H25N5O4. The second kappa shape index (κ2) is 10.3. The first-order chi connectivity index (χ1) is 20.2. The van der Waals surface area contributed by atoms with E-state index in [0.717, 1.165) is 38.8 Å². The van der Waals surface area contributed by atoms with Crippen molar-refractivity contribution in [3.05, 3.63) is 119 Å². The van der Waals surface area contributed by atoms with Gasteiger partial charge in [-0.05, 0) is 29.1 Å². The van der Waals surface area contributed by atoms with Crippen molar-refractivity contribution in [3.8, 4) is 23.1 Å². The molecule has 0 N–H and O–H groups in total. The molecule has 4 aromatic carbocycles. The fourth-order valence-corrected chi connectivity index (χ4v) is 5.27. The molecule has 0 fully saturated rings. The SMILES string of the molecule is COc1ccc(/C=N\OCc2nc3c4c(ncn3n2)Oc2c(ccc3ccccc23)[C@H]4c2ccccc2)cc1OC. The van der Waals surface area contributed by atoms with E-state index in [1.807, 2.05) is 48.5 Å². The lowest BCUT2D eigenvalue weighted by Gasteiger charge is -2.28. The molecule has 0 saturated heterocycles. The molecule has 1 atom stereocenters. The topological polar surface area (TPSA) is 92.4 Å². The highest BCUT2D eigenvalue weighted by Gasteiger charge is 2.34. The van der Waals surface area contributed by atoms with E-state index in [-0.39, 0.29) is 12.5 Å². The molecule has 0 saturated carbocycles. The zero-order chi connectivity index (χ0) is 27.8. The summed E-state index contributed by atoms with van der Waals surface area (Å²) in [5.41, 5.74) is 4.48. The van der Waals surface area contributed by atoms with Crippen LogP contribution in [0, 0.1) is 0 Å². The normalized spacial score (nSPS) is 14.0. The van der Waals surface area contributed by atoms with Crippen molar-refractivity contribution in [1.82, 2.24) is 19.6 Å². The molecule has 41 heavy (non-hydrogen) atoms. The van der Waals surface area contributed by atoms with Crippen LogP contribution in [0.5, 0.6) is 23.1 Å². The third-order valence-electron chi connectivity index (χ3n) is 7.15. The van der Waals surface area contributed by atoms with Crippen LogP contribution in [0.15, 0.2) is 96.4 Å². The second-order valence-corrected chi connectivity index (χ2v) is 9.53. The van der Waals surface area contributed by atoms with Gasteiger partial charge in [-0.25, -0.2) is 14.5 Å². The Hall–Kier alpha value is -5.44. The zero-order valence-corrected chi connectivity index (χ0v) is 22.4. The van der Waals surface area contributed by atoms with Crippen LogP contribution in [0.4, 0.5) is 0 Å². The maximum atomic E-state index is 6.48. The van der Waals surface area contributed by atoms with Crippen LogP contribution < -0.4 is 14.2 Å². The fourth-order valence-electron chi connectivity index (χ4n) is 5.27. The number of ether oxygens (including phenoxy) is 3. The van der Waals surface area contributed by atoms with Crippen molar-refractivity contribution >= 4 is 22.6 Å². The molecule has 9 heteroatoms. The minimum Gasteiger partial charge on any atom is -0.493 e. The van der Waals surface area contributed by atoms with Crippen molar-refractivity contribution in [2.24, 2.45) is 5.16 Å². The smallest absolute Gasteiger partial charge is 0.228 e. The Morgan fingerprint density at radius 1 is 0.927 bits per heavy atom. The molecular weight excluding hydrogens is 518 g/mol. The number of oxime groups is 1. The molecule has 0 aliphatic carbocycles. The third kappa shape index (κ3) is 4.37. The zero-order valence-electron chi connectivity index (χ0n) is 22.4. The molecule has 0 bridgehead atoms. The summed E-state index contributed by atoms with van der Waals surface area (Å²) in [5, 5.41) is 10.8. The van der Waals surface area contributed by atoms with E-state index in [1.54, 1.807) is 31.3 Å². The Morgan fingerprint density at radius 3 is 2.61 bits per heavy atom. The molecule has 3 heterocycles. The molecule has 1 aliphatic heterocycles. The molecule has 1 aliphatic rings. The van der Waals surface area contributed by atoms with Crippen molar-refractivity contribution in [2.45, 2.75) is 12.5 Å². The van der Waals surface area contributed by atoms with E-state index < -0.39 is 0 Å². The van der Waals surface area contributed by atoms with E-state index in [4.69, 9.17) is 24.0 Å². The van der Waals surface area contributed by atoms with Gasteiger partial charge in [-0.15, -0.1) is 5.10 Å². The summed E-state index contributed by atoms with van der Waals surface area (Å²) in [6.07, 6.45) is 3.22. The predicted molar refractivity (Wildman–Crippen MR) is 154 cm³/mol. The number of benzene rings is 4. The molecule has 6 aromatic rings. The van der Waals surface area contributed by atoms with Gasteiger partial charge < -0.3 is 19.0 Å². The highest BCUT2D eigenvalue weighted by Crippen LogP contribution is 2.50. The first-order valence-electron chi connectivity index (χ1n) is 13.1. The molecule has 0 unspecified atom stereocenters. The van der Waals surface area contributed by atoms with Crippen LogP contribution in [-0.2, 0) is 11.4 Å². The Bertz CT molecular complexity index is 1920. The summed E-state index contributed by atoms with van der Waals surface area (Å²) in [6.45, 7) is 0.0817. The van der Waals surface area contributed by atoms with Gasteiger partial charge in [-0.3, -0.25) is 0 Å². The highest BCUT2D eigenvalue weighted by molar-refractivity contribution is 5.91. The first kappa shape index (κ1) is 24.6. The summed E-state index contributed by atoms with van der Waals surface area (Å²) >= 11 is 0. The van der Waals surface area contributed by atoms with Gasteiger partial charge in [0, 0.05) is 22.4 Å². The fraction of sp³-hybridized carbons (Fsp3) is 0.125. The molecule has 0 spiro atoms. The van der Waals surface area contributed by atoms with E-state index in [1.165, 1.54) is 0 Å². The lowest BCUT2D eigenvalue weighted by Crippen LogP contribution is -2.15. The minimum atomic E-state index is -0.142. The van der Waals surface area contributed by atoms with Crippen molar-refractivity contribution in [3.63, 3.8) is 0 Å². The monoisotopic (exact) mass is 543 g/mol. The van der Waals surface area contributed by atoms with Crippen molar-refractivity contribution in [1.29, 1.82) is 0 Å². The van der Waals surface area contributed by atoms with Gasteiger partial charge in [-0.2, -0.15) is 0 Å². The van der Waals surface area contributed by atoms with Crippen LogP contribution >= 0.6 is 0 Å². The van der Waals surface area contributed by atoms with Crippen LogP contribution in [-0.4, -0.2) is 40.0 Å².